The fourth-order valence-corrected chi connectivity index (χ4v) is 2.88. The molecule has 4 nitrogen and oxygen atoms in total. The van der Waals surface area contributed by atoms with Crippen molar-refractivity contribution in [2.75, 3.05) is 12.8 Å². The van der Waals surface area contributed by atoms with Gasteiger partial charge in [0.25, 0.3) is 0 Å². The molecule has 0 aliphatic heterocycles. The van der Waals surface area contributed by atoms with Crippen molar-refractivity contribution in [1.29, 1.82) is 0 Å². The molecule has 0 spiro atoms. The maximum absolute atomic E-state index is 5.96. The summed E-state index contributed by atoms with van der Waals surface area (Å²) in [5.41, 5.74) is 10.8. The Balaban J connectivity index is 1.81. The van der Waals surface area contributed by atoms with Crippen molar-refractivity contribution >= 4 is 28.4 Å². The molecule has 0 saturated carbocycles. The molecule has 0 aliphatic carbocycles. The molecule has 0 radical (unpaired) electrons. The van der Waals surface area contributed by atoms with E-state index in [1.54, 1.807) is 25.3 Å². The molecule has 1 heterocycles. The highest BCUT2D eigenvalue weighted by Gasteiger charge is 2.14. The molecule has 124 valence electrons. The molecule has 3 aromatic carbocycles. The molecule has 0 atom stereocenters. The average molecular weight is 351 g/mol. The van der Waals surface area contributed by atoms with Gasteiger partial charge in [-0.3, -0.25) is 0 Å². The molecule has 2 N–H and O–H groups in total. The summed E-state index contributed by atoms with van der Waals surface area (Å²) in [5.74, 6) is 1.14. The van der Waals surface area contributed by atoms with Crippen LogP contribution in [0.25, 0.3) is 33.7 Å². The summed E-state index contributed by atoms with van der Waals surface area (Å²) in [4.78, 5) is 4.61. The van der Waals surface area contributed by atoms with Gasteiger partial charge in [0.15, 0.2) is 5.58 Å². The second-order valence-electron chi connectivity index (χ2n) is 5.67. The molecule has 0 saturated heterocycles. The summed E-state index contributed by atoms with van der Waals surface area (Å²) >= 11 is 5.96. The predicted octanol–water partition coefficient (Wildman–Crippen LogP) is 5.41. The Morgan fingerprint density at radius 3 is 2.48 bits per heavy atom. The number of halogens is 1. The van der Waals surface area contributed by atoms with Crippen molar-refractivity contribution in [2.45, 2.75) is 0 Å². The van der Waals surface area contributed by atoms with Crippen LogP contribution < -0.4 is 10.5 Å². The lowest BCUT2D eigenvalue weighted by Crippen LogP contribution is -1.91. The Morgan fingerprint density at radius 2 is 1.72 bits per heavy atom. The fourth-order valence-electron chi connectivity index (χ4n) is 2.76. The molecule has 0 bridgehead atoms. The second-order valence-corrected chi connectivity index (χ2v) is 6.10. The number of hydrogen-bond acceptors (Lipinski definition) is 4. The minimum absolute atomic E-state index is 0.479. The van der Waals surface area contributed by atoms with Gasteiger partial charge < -0.3 is 14.9 Å². The molecule has 0 amide bonds. The molecule has 25 heavy (non-hydrogen) atoms. The van der Waals surface area contributed by atoms with Crippen molar-refractivity contribution in [2.24, 2.45) is 0 Å². The van der Waals surface area contributed by atoms with Gasteiger partial charge in [0, 0.05) is 10.7 Å². The molecule has 0 unspecified atom stereocenters. The van der Waals surface area contributed by atoms with E-state index in [0.29, 0.717) is 27.9 Å². The maximum Gasteiger partial charge on any atom is 0.231 e. The van der Waals surface area contributed by atoms with Crippen LogP contribution in [0.2, 0.25) is 5.02 Å². The SMILES string of the molecule is COc1ccc(N)cc1-c1nc2cc(-c3ccc(Cl)cc3)ccc2o1. The van der Waals surface area contributed by atoms with Crippen LogP contribution in [0.3, 0.4) is 0 Å². The number of hydrogen-bond donors (Lipinski definition) is 1. The number of methoxy groups -OCH3 is 1. The molecule has 0 fully saturated rings. The largest absolute Gasteiger partial charge is 0.496 e. The molecular formula is C20H15ClN2O2. The lowest BCUT2D eigenvalue weighted by Gasteiger charge is -2.05. The number of nitrogen functional groups attached to an aromatic ring is 1. The number of nitrogens with zero attached hydrogens (tertiary/aromatic N) is 1. The molecule has 4 rings (SSSR count). The van der Waals surface area contributed by atoms with Gasteiger partial charge >= 0.3 is 0 Å². The maximum atomic E-state index is 5.96. The zero-order valence-electron chi connectivity index (χ0n) is 13.5. The summed E-state index contributed by atoms with van der Waals surface area (Å²) < 4.78 is 11.3. The van der Waals surface area contributed by atoms with E-state index in [1.807, 2.05) is 42.5 Å². The standard InChI is InChI=1S/C20H15ClN2O2/c1-24-18-9-7-15(22)11-16(18)20-23-17-10-13(4-8-19(17)25-20)12-2-5-14(21)6-3-12/h2-11H,22H2,1H3. The van der Waals surface area contributed by atoms with Gasteiger partial charge in [0.1, 0.15) is 11.3 Å². The van der Waals surface area contributed by atoms with Crippen LogP contribution in [0.1, 0.15) is 0 Å². The first-order valence-corrected chi connectivity index (χ1v) is 8.12. The minimum Gasteiger partial charge on any atom is -0.496 e. The number of anilines is 1. The van der Waals surface area contributed by atoms with E-state index in [0.717, 1.165) is 22.2 Å². The second kappa shape index (κ2) is 6.15. The van der Waals surface area contributed by atoms with Crippen LogP contribution in [0.4, 0.5) is 5.69 Å². The van der Waals surface area contributed by atoms with Gasteiger partial charge in [-0.1, -0.05) is 29.8 Å². The van der Waals surface area contributed by atoms with E-state index in [9.17, 15) is 0 Å². The van der Waals surface area contributed by atoms with E-state index in [4.69, 9.17) is 26.5 Å². The number of rotatable bonds is 3. The Bertz CT molecular complexity index is 1060. The highest BCUT2D eigenvalue weighted by atomic mass is 35.5. The quantitative estimate of drug-likeness (QED) is 0.502. The van der Waals surface area contributed by atoms with Crippen LogP contribution in [-0.4, -0.2) is 12.1 Å². The molecule has 0 aliphatic rings. The van der Waals surface area contributed by atoms with Crippen molar-refractivity contribution in [3.63, 3.8) is 0 Å². The van der Waals surface area contributed by atoms with Crippen LogP contribution in [-0.2, 0) is 0 Å². The van der Waals surface area contributed by atoms with Gasteiger partial charge in [0.2, 0.25) is 5.89 Å². The highest BCUT2D eigenvalue weighted by Crippen LogP contribution is 2.34. The number of ether oxygens (including phenoxy) is 1. The minimum atomic E-state index is 0.479. The van der Waals surface area contributed by atoms with E-state index in [1.165, 1.54) is 0 Å². The van der Waals surface area contributed by atoms with Crippen LogP contribution >= 0.6 is 11.6 Å². The lowest BCUT2D eigenvalue weighted by molar-refractivity contribution is 0.415. The smallest absolute Gasteiger partial charge is 0.231 e. The van der Waals surface area contributed by atoms with Gasteiger partial charge in [-0.2, -0.15) is 0 Å². The van der Waals surface area contributed by atoms with Gasteiger partial charge in [-0.25, -0.2) is 4.98 Å². The molecule has 4 aromatic rings. The van der Waals surface area contributed by atoms with Gasteiger partial charge in [-0.15, -0.1) is 0 Å². The van der Waals surface area contributed by atoms with E-state index in [-0.39, 0.29) is 0 Å². The predicted molar refractivity (Wildman–Crippen MR) is 101 cm³/mol. The first-order valence-electron chi connectivity index (χ1n) is 7.74. The summed E-state index contributed by atoms with van der Waals surface area (Å²) in [5, 5.41) is 0.710. The molecule has 1 aromatic heterocycles. The fraction of sp³-hybridized carbons (Fsp3) is 0.0500. The Morgan fingerprint density at radius 1 is 0.960 bits per heavy atom. The molecular weight excluding hydrogens is 336 g/mol. The van der Waals surface area contributed by atoms with Crippen LogP contribution in [0.5, 0.6) is 5.75 Å². The third kappa shape index (κ3) is 2.92. The normalized spacial score (nSPS) is 11.0. The summed E-state index contributed by atoms with van der Waals surface area (Å²) in [7, 11) is 1.61. The van der Waals surface area contributed by atoms with Gasteiger partial charge in [-0.05, 0) is 53.6 Å². The number of fused-ring (bicyclic) bond motifs is 1. The summed E-state index contributed by atoms with van der Waals surface area (Å²) in [6.07, 6.45) is 0. The zero-order chi connectivity index (χ0) is 17.4. The third-order valence-corrected chi connectivity index (χ3v) is 4.27. The number of aromatic nitrogens is 1. The zero-order valence-corrected chi connectivity index (χ0v) is 14.2. The summed E-state index contributed by atoms with van der Waals surface area (Å²) in [6.45, 7) is 0. The number of nitrogens with two attached hydrogens (primary N) is 1. The Labute approximate surface area is 149 Å². The van der Waals surface area contributed by atoms with Crippen LogP contribution in [0.15, 0.2) is 65.1 Å². The first kappa shape index (κ1) is 15.5. The molecule has 5 heteroatoms. The van der Waals surface area contributed by atoms with Crippen molar-refractivity contribution in [1.82, 2.24) is 4.98 Å². The van der Waals surface area contributed by atoms with Gasteiger partial charge in [0.05, 0.1) is 12.7 Å². The average Bonchev–Trinajstić information content (AvgIpc) is 3.05. The van der Waals surface area contributed by atoms with E-state index < -0.39 is 0 Å². The van der Waals surface area contributed by atoms with Crippen molar-refractivity contribution in [3.8, 4) is 28.3 Å². The monoisotopic (exact) mass is 350 g/mol. The Hall–Kier alpha value is -2.98. The van der Waals surface area contributed by atoms with E-state index in [2.05, 4.69) is 4.98 Å². The van der Waals surface area contributed by atoms with Crippen LogP contribution in [0, 0.1) is 0 Å². The summed E-state index contributed by atoms with van der Waals surface area (Å²) in [6, 6.07) is 19.0. The Kier molecular flexibility index (Phi) is 3.82. The topological polar surface area (TPSA) is 61.3 Å². The number of oxazole rings is 1. The highest BCUT2D eigenvalue weighted by molar-refractivity contribution is 6.30. The van der Waals surface area contributed by atoms with Crippen molar-refractivity contribution in [3.05, 3.63) is 65.7 Å². The lowest BCUT2D eigenvalue weighted by atomic mass is 10.1. The van der Waals surface area contributed by atoms with Crippen molar-refractivity contribution < 1.29 is 9.15 Å². The first-order chi connectivity index (χ1) is 12.1. The van der Waals surface area contributed by atoms with E-state index >= 15 is 0 Å². The number of benzene rings is 3. The third-order valence-electron chi connectivity index (χ3n) is 4.02.